The summed E-state index contributed by atoms with van der Waals surface area (Å²) in [5.41, 5.74) is 6.49. The monoisotopic (exact) mass is 252 g/mol. The van der Waals surface area contributed by atoms with Crippen molar-refractivity contribution in [2.75, 3.05) is 6.54 Å². The van der Waals surface area contributed by atoms with E-state index in [-0.39, 0.29) is 11.7 Å². The summed E-state index contributed by atoms with van der Waals surface area (Å²) in [6.07, 6.45) is 0.640. The SMILES string of the molecule is Cc1cc(CNC(=O)C(C)(C)CCN)ccc1F. The van der Waals surface area contributed by atoms with Crippen molar-refractivity contribution < 1.29 is 9.18 Å². The van der Waals surface area contributed by atoms with E-state index in [9.17, 15) is 9.18 Å². The molecule has 0 aromatic heterocycles. The van der Waals surface area contributed by atoms with Crippen LogP contribution in [0.3, 0.4) is 0 Å². The van der Waals surface area contributed by atoms with Gasteiger partial charge in [0.1, 0.15) is 5.82 Å². The molecule has 0 unspecified atom stereocenters. The summed E-state index contributed by atoms with van der Waals surface area (Å²) in [7, 11) is 0. The summed E-state index contributed by atoms with van der Waals surface area (Å²) in [5.74, 6) is -0.261. The third-order valence-electron chi connectivity index (χ3n) is 3.06. The molecule has 0 aliphatic rings. The van der Waals surface area contributed by atoms with Crippen molar-refractivity contribution in [3.05, 3.63) is 35.1 Å². The quantitative estimate of drug-likeness (QED) is 0.843. The summed E-state index contributed by atoms with van der Waals surface area (Å²) in [6, 6.07) is 4.84. The minimum Gasteiger partial charge on any atom is -0.352 e. The Labute approximate surface area is 108 Å². The molecule has 0 heterocycles. The topological polar surface area (TPSA) is 55.1 Å². The van der Waals surface area contributed by atoms with Gasteiger partial charge in [0.25, 0.3) is 0 Å². The molecule has 1 amide bonds. The van der Waals surface area contributed by atoms with Gasteiger partial charge in [-0.3, -0.25) is 4.79 Å². The van der Waals surface area contributed by atoms with E-state index in [1.807, 2.05) is 13.8 Å². The molecule has 1 aromatic rings. The average Bonchev–Trinajstić information content (AvgIpc) is 2.30. The van der Waals surface area contributed by atoms with Gasteiger partial charge in [0, 0.05) is 12.0 Å². The molecule has 0 aliphatic heterocycles. The van der Waals surface area contributed by atoms with Gasteiger partial charge in [0.15, 0.2) is 0 Å². The molecule has 0 atom stereocenters. The van der Waals surface area contributed by atoms with Gasteiger partial charge in [-0.1, -0.05) is 26.0 Å². The second-order valence-corrected chi connectivity index (χ2v) is 5.19. The summed E-state index contributed by atoms with van der Waals surface area (Å²) in [5, 5.41) is 2.85. The number of benzene rings is 1. The standard InChI is InChI=1S/C14H21FN2O/c1-10-8-11(4-5-12(10)15)9-17-13(18)14(2,3)6-7-16/h4-5,8H,6-7,9,16H2,1-3H3,(H,17,18). The van der Waals surface area contributed by atoms with Gasteiger partial charge in [-0.05, 0) is 37.1 Å². The molecule has 4 heteroatoms. The predicted molar refractivity (Wildman–Crippen MR) is 70.4 cm³/mol. The number of halogens is 1. The second kappa shape index (κ2) is 5.96. The number of rotatable bonds is 5. The van der Waals surface area contributed by atoms with Gasteiger partial charge in [-0.15, -0.1) is 0 Å². The largest absolute Gasteiger partial charge is 0.352 e. The molecule has 1 aromatic carbocycles. The lowest BCUT2D eigenvalue weighted by atomic mass is 9.88. The molecule has 3 N–H and O–H groups in total. The maximum Gasteiger partial charge on any atom is 0.225 e. The van der Waals surface area contributed by atoms with Crippen LogP contribution in [0.2, 0.25) is 0 Å². The fraction of sp³-hybridized carbons (Fsp3) is 0.500. The number of carbonyl (C=O) groups excluding carboxylic acids is 1. The van der Waals surface area contributed by atoms with E-state index in [4.69, 9.17) is 5.73 Å². The highest BCUT2D eigenvalue weighted by molar-refractivity contribution is 5.81. The van der Waals surface area contributed by atoms with Crippen LogP contribution in [0.1, 0.15) is 31.4 Å². The Balaban J connectivity index is 2.60. The minimum atomic E-state index is -0.468. The van der Waals surface area contributed by atoms with Crippen molar-refractivity contribution in [3.8, 4) is 0 Å². The molecular formula is C14H21FN2O. The first kappa shape index (κ1) is 14.6. The van der Waals surface area contributed by atoms with Gasteiger partial charge in [-0.25, -0.2) is 4.39 Å². The van der Waals surface area contributed by atoms with Crippen molar-refractivity contribution in [2.24, 2.45) is 11.1 Å². The van der Waals surface area contributed by atoms with E-state index in [0.717, 1.165) is 5.56 Å². The van der Waals surface area contributed by atoms with E-state index in [1.54, 1.807) is 19.1 Å². The molecule has 3 nitrogen and oxygen atoms in total. The molecule has 0 spiro atoms. The van der Waals surface area contributed by atoms with Crippen LogP contribution in [-0.2, 0) is 11.3 Å². The second-order valence-electron chi connectivity index (χ2n) is 5.19. The third kappa shape index (κ3) is 3.81. The summed E-state index contributed by atoms with van der Waals surface area (Å²) in [6.45, 7) is 6.33. The molecule has 0 aliphatic carbocycles. The molecule has 0 saturated carbocycles. The fourth-order valence-electron chi connectivity index (χ4n) is 1.71. The van der Waals surface area contributed by atoms with Crippen molar-refractivity contribution in [1.82, 2.24) is 5.32 Å². The maximum absolute atomic E-state index is 13.1. The van der Waals surface area contributed by atoms with Crippen LogP contribution in [0.25, 0.3) is 0 Å². The lowest BCUT2D eigenvalue weighted by molar-refractivity contribution is -0.129. The molecular weight excluding hydrogens is 231 g/mol. The Kier molecular flexibility index (Phi) is 4.84. The average molecular weight is 252 g/mol. The van der Waals surface area contributed by atoms with Crippen LogP contribution in [0.4, 0.5) is 4.39 Å². The van der Waals surface area contributed by atoms with Crippen LogP contribution in [0.15, 0.2) is 18.2 Å². The van der Waals surface area contributed by atoms with Crippen LogP contribution in [0, 0.1) is 18.2 Å². The lowest BCUT2D eigenvalue weighted by Crippen LogP contribution is -2.37. The normalized spacial score (nSPS) is 11.4. The molecule has 0 saturated heterocycles. The van der Waals surface area contributed by atoms with Crippen molar-refractivity contribution in [2.45, 2.75) is 33.7 Å². The van der Waals surface area contributed by atoms with Gasteiger partial charge < -0.3 is 11.1 Å². The predicted octanol–water partition coefficient (Wildman–Crippen LogP) is 2.13. The van der Waals surface area contributed by atoms with E-state index in [2.05, 4.69) is 5.32 Å². The Morgan fingerprint density at radius 2 is 2.11 bits per heavy atom. The zero-order valence-corrected chi connectivity index (χ0v) is 11.2. The zero-order valence-electron chi connectivity index (χ0n) is 11.2. The summed E-state index contributed by atoms with van der Waals surface area (Å²) in [4.78, 5) is 11.9. The molecule has 0 radical (unpaired) electrons. The molecule has 18 heavy (non-hydrogen) atoms. The van der Waals surface area contributed by atoms with E-state index >= 15 is 0 Å². The smallest absolute Gasteiger partial charge is 0.225 e. The Bertz CT molecular complexity index is 430. The Hall–Kier alpha value is -1.42. The fourth-order valence-corrected chi connectivity index (χ4v) is 1.71. The van der Waals surface area contributed by atoms with E-state index in [0.29, 0.717) is 25.1 Å². The van der Waals surface area contributed by atoms with E-state index in [1.165, 1.54) is 6.07 Å². The molecule has 0 fully saturated rings. The van der Waals surface area contributed by atoms with Crippen LogP contribution in [0.5, 0.6) is 0 Å². The molecule has 0 bridgehead atoms. The number of amides is 1. The van der Waals surface area contributed by atoms with Crippen molar-refractivity contribution in [1.29, 1.82) is 0 Å². The van der Waals surface area contributed by atoms with Crippen LogP contribution >= 0.6 is 0 Å². The lowest BCUT2D eigenvalue weighted by Gasteiger charge is -2.22. The Morgan fingerprint density at radius 1 is 1.44 bits per heavy atom. The highest BCUT2D eigenvalue weighted by atomic mass is 19.1. The number of hydrogen-bond donors (Lipinski definition) is 2. The number of aryl methyl sites for hydroxylation is 1. The zero-order chi connectivity index (χ0) is 13.8. The summed E-state index contributed by atoms with van der Waals surface area (Å²) >= 11 is 0. The number of nitrogens with two attached hydrogens (primary N) is 1. The first-order chi connectivity index (χ1) is 8.36. The number of nitrogens with one attached hydrogen (secondary N) is 1. The van der Waals surface area contributed by atoms with Crippen molar-refractivity contribution >= 4 is 5.91 Å². The Morgan fingerprint density at radius 3 is 2.67 bits per heavy atom. The first-order valence-electron chi connectivity index (χ1n) is 6.10. The maximum atomic E-state index is 13.1. The first-order valence-corrected chi connectivity index (χ1v) is 6.10. The molecule has 1 rings (SSSR count). The molecule has 100 valence electrons. The van der Waals surface area contributed by atoms with Gasteiger partial charge in [0.05, 0.1) is 0 Å². The highest BCUT2D eigenvalue weighted by Crippen LogP contribution is 2.19. The van der Waals surface area contributed by atoms with Gasteiger partial charge in [0.2, 0.25) is 5.91 Å². The number of hydrogen-bond acceptors (Lipinski definition) is 2. The van der Waals surface area contributed by atoms with Gasteiger partial charge in [-0.2, -0.15) is 0 Å². The minimum absolute atomic E-state index is 0.0325. The summed E-state index contributed by atoms with van der Waals surface area (Å²) < 4.78 is 13.1. The highest BCUT2D eigenvalue weighted by Gasteiger charge is 2.26. The van der Waals surface area contributed by atoms with Gasteiger partial charge >= 0.3 is 0 Å². The van der Waals surface area contributed by atoms with E-state index < -0.39 is 5.41 Å². The van der Waals surface area contributed by atoms with Crippen LogP contribution < -0.4 is 11.1 Å². The number of carbonyl (C=O) groups is 1. The van der Waals surface area contributed by atoms with Crippen LogP contribution in [-0.4, -0.2) is 12.5 Å². The van der Waals surface area contributed by atoms with Crippen molar-refractivity contribution in [3.63, 3.8) is 0 Å². The third-order valence-corrected chi connectivity index (χ3v) is 3.06.